The Hall–Kier alpha value is -1.32. The molecule has 12 N–H and O–H groups in total. The van der Waals surface area contributed by atoms with Crippen molar-refractivity contribution in [3.63, 3.8) is 0 Å². The summed E-state index contributed by atoms with van der Waals surface area (Å²) < 4.78 is 0. The van der Waals surface area contributed by atoms with E-state index < -0.39 is 18.1 Å². The number of nitrogens with two attached hydrogens (primary N) is 6. The molecule has 0 radical (unpaired) electrons. The summed E-state index contributed by atoms with van der Waals surface area (Å²) >= 11 is 0. The summed E-state index contributed by atoms with van der Waals surface area (Å²) in [6, 6.07) is -2.50. The fourth-order valence-electron chi connectivity index (χ4n) is 0. The van der Waals surface area contributed by atoms with Crippen LogP contribution in [0.2, 0.25) is 0 Å². The third-order valence-electron chi connectivity index (χ3n) is 0. The van der Waals surface area contributed by atoms with Crippen LogP contribution in [0.15, 0.2) is 0 Å². The molecule has 0 heterocycles. The van der Waals surface area contributed by atoms with Gasteiger partial charge in [-0.2, -0.15) is 0 Å². The first kappa shape index (κ1) is 37.3. The predicted molar refractivity (Wildman–Crippen MR) is 41.3 cm³/mol. The van der Waals surface area contributed by atoms with Crippen LogP contribution in [0.5, 0.6) is 0 Å². The van der Waals surface area contributed by atoms with Crippen molar-refractivity contribution < 1.29 is 51.6 Å². The van der Waals surface area contributed by atoms with Gasteiger partial charge in [0.2, 0.25) is 0 Å². The van der Waals surface area contributed by atoms with Gasteiger partial charge in [-0.15, -0.1) is 0 Å². The third-order valence-corrected chi connectivity index (χ3v) is 0. The molecule has 0 unspecified atom stereocenters. The summed E-state index contributed by atoms with van der Waals surface area (Å²) in [6.07, 6.45) is 0. The lowest BCUT2D eigenvalue weighted by Crippen LogP contribution is -3.00. The highest BCUT2D eigenvalue weighted by Gasteiger charge is 1.61. The summed E-state index contributed by atoms with van der Waals surface area (Å²) in [5, 5.41) is 0. The molecule has 0 rings (SSSR count). The molecular formula is C3H12Cl3N6O3-3. The molecular weight excluding hydrogens is 274 g/mol. The molecule has 0 aliphatic carbocycles. The van der Waals surface area contributed by atoms with Gasteiger partial charge < -0.3 is 71.6 Å². The summed E-state index contributed by atoms with van der Waals surface area (Å²) in [6.45, 7) is 0. The van der Waals surface area contributed by atoms with Crippen LogP contribution >= 0.6 is 0 Å². The van der Waals surface area contributed by atoms with Crippen molar-refractivity contribution in [2.75, 3.05) is 0 Å². The number of halogens is 3. The minimum atomic E-state index is -0.833. The normalized spacial score (nSPS) is 4.80. The number of hydrogen-bond donors (Lipinski definition) is 6. The molecule has 0 aliphatic heterocycles. The highest BCUT2D eigenvalue weighted by atomic mass is 35.5. The Kier molecular flexibility index (Phi) is 72.9. The van der Waals surface area contributed by atoms with E-state index in [1.165, 1.54) is 0 Å². The topological polar surface area (TPSA) is 207 Å². The number of hydrogen-bond acceptors (Lipinski definition) is 3. The first-order chi connectivity index (χ1) is 5.20. The minimum Gasteiger partial charge on any atom is -1.00 e. The van der Waals surface area contributed by atoms with E-state index in [1.54, 1.807) is 0 Å². The molecule has 9 nitrogen and oxygen atoms in total. The van der Waals surface area contributed by atoms with E-state index in [-0.39, 0.29) is 37.2 Å². The largest absolute Gasteiger partial charge is 1.00 e. The van der Waals surface area contributed by atoms with Crippen molar-refractivity contribution in [3.8, 4) is 0 Å². The zero-order chi connectivity index (χ0) is 10.7. The Morgan fingerprint density at radius 1 is 0.467 bits per heavy atom. The molecule has 96 valence electrons. The Morgan fingerprint density at radius 2 is 0.467 bits per heavy atom. The molecule has 0 spiro atoms. The van der Waals surface area contributed by atoms with E-state index in [1.807, 2.05) is 0 Å². The molecule has 0 aliphatic rings. The van der Waals surface area contributed by atoms with Gasteiger partial charge in [0.15, 0.2) is 0 Å². The van der Waals surface area contributed by atoms with Gasteiger partial charge in [-0.1, -0.05) is 0 Å². The van der Waals surface area contributed by atoms with Crippen LogP contribution in [0.1, 0.15) is 0 Å². The summed E-state index contributed by atoms with van der Waals surface area (Å²) in [7, 11) is 0. The number of carbonyl (C=O) groups is 3. The Labute approximate surface area is 104 Å². The van der Waals surface area contributed by atoms with E-state index in [2.05, 4.69) is 34.4 Å². The average molecular weight is 287 g/mol. The maximum Gasteiger partial charge on any atom is 0.309 e. The molecule has 12 heteroatoms. The second kappa shape index (κ2) is 29.3. The standard InChI is InChI=1S/3CH4N2O.3ClH/c3*2-1(3)4;;;/h3*(H4,2,3,4);3*1H/p-3. The van der Waals surface area contributed by atoms with Gasteiger partial charge in [0, 0.05) is 0 Å². The van der Waals surface area contributed by atoms with E-state index in [0.29, 0.717) is 0 Å². The van der Waals surface area contributed by atoms with E-state index >= 15 is 0 Å². The van der Waals surface area contributed by atoms with Crippen molar-refractivity contribution in [1.82, 2.24) is 0 Å². The van der Waals surface area contributed by atoms with E-state index in [0.717, 1.165) is 0 Å². The number of carbonyl (C=O) groups excluding carboxylic acids is 3. The van der Waals surface area contributed by atoms with Gasteiger partial charge in [0.1, 0.15) is 0 Å². The Bertz CT molecular complexity index is 126. The van der Waals surface area contributed by atoms with Gasteiger partial charge in [-0.3, -0.25) is 0 Å². The molecule has 0 aromatic carbocycles. The molecule has 0 aromatic heterocycles. The predicted octanol–water partition coefficient (Wildman–Crippen LogP) is -11.9. The lowest BCUT2D eigenvalue weighted by atomic mass is 11.2. The van der Waals surface area contributed by atoms with Crippen molar-refractivity contribution >= 4 is 18.1 Å². The molecule has 15 heavy (non-hydrogen) atoms. The Morgan fingerprint density at radius 3 is 0.467 bits per heavy atom. The summed E-state index contributed by atoms with van der Waals surface area (Å²) in [5.41, 5.74) is 25.5. The SMILES string of the molecule is NC(N)=O.NC(N)=O.NC(N)=O.[Cl-].[Cl-].[Cl-]. The fourth-order valence-corrected chi connectivity index (χ4v) is 0. The van der Waals surface area contributed by atoms with Crippen LogP contribution in [0, 0.1) is 0 Å². The first-order valence-corrected chi connectivity index (χ1v) is 2.34. The number of primary amides is 6. The lowest BCUT2D eigenvalue weighted by molar-refractivity contribution is -0.00100. The maximum absolute atomic E-state index is 9.00. The zero-order valence-corrected chi connectivity index (χ0v) is 9.59. The van der Waals surface area contributed by atoms with Crippen molar-refractivity contribution in [1.29, 1.82) is 0 Å². The van der Waals surface area contributed by atoms with Gasteiger partial charge in [-0.05, 0) is 0 Å². The smallest absolute Gasteiger partial charge is 0.309 e. The molecule has 0 saturated carbocycles. The van der Waals surface area contributed by atoms with Gasteiger partial charge in [-0.25, -0.2) is 14.4 Å². The summed E-state index contributed by atoms with van der Waals surface area (Å²) in [5.74, 6) is 0. The van der Waals surface area contributed by atoms with Crippen LogP contribution in [-0.4, -0.2) is 18.1 Å². The molecule has 0 saturated heterocycles. The quantitative estimate of drug-likeness (QED) is 0.256. The number of rotatable bonds is 0. The highest BCUT2D eigenvalue weighted by molar-refractivity contribution is 5.69. The van der Waals surface area contributed by atoms with Gasteiger partial charge in [0.25, 0.3) is 0 Å². The monoisotopic (exact) mass is 285 g/mol. The van der Waals surface area contributed by atoms with E-state index in [4.69, 9.17) is 14.4 Å². The molecule has 0 fully saturated rings. The van der Waals surface area contributed by atoms with Crippen LogP contribution in [-0.2, 0) is 0 Å². The average Bonchev–Trinajstić information content (AvgIpc) is 1.54. The van der Waals surface area contributed by atoms with Crippen molar-refractivity contribution in [3.05, 3.63) is 0 Å². The number of urea groups is 3. The van der Waals surface area contributed by atoms with Crippen LogP contribution < -0.4 is 71.6 Å². The zero-order valence-electron chi connectivity index (χ0n) is 7.32. The molecule has 0 bridgehead atoms. The van der Waals surface area contributed by atoms with Crippen LogP contribution in [0.3, 0.4) is 0 Å². The van der Waals surface area contributed by atoms with Gasteiger partial charge in [0.05, 0.1) is 0 Å². The van der Waals surface area contributed by atoms with Gasteiger partial charge >= 0.3 is 18.1 Å². The lowest BCUT2D eigenvalue weighted by Gasteiger charge is -1.62. The maximum atomic E-state index is 9.00. The second-order valence-corrected chi connectivity index (χ2v) is 1.21. The molecule has 0 aromatic rings. The van der Waals surface area contributed by atoms with Crippen LogP contribution in [0.25, 0.3) is 0 Å². The third kappa shape index (κ3) is 830. The molecule has 6 amide bonds. The van der Waals surface area contributed by atoms with E-state index in [9.17, 15) is 0 Å². The Balaban J connectivity index is -0.0000000184. The summed E-state index contributed by atoms with van der Waals surface area (Å²) in [4.78, 5) is 27.0. The highest BCUT2D eigenvalue weighted by Crippen LogP contribution is 1.26. The fraction of sp³-hybridized carbons (Fsp3) is 0. The molecule has 0 atom stereocenters. The van der Waals surface area contributed by atoms with Crippen molar-refractivity contribution in [2.24, 2.45) is 34.4 Å². The first-order valence-electron chi connectivity index (χ1n) is 2.34. The minimum absolute atomic E-state index is 0. The van der Waals surface area contributed by atoms with Crippen LogP contribution in [0.4, 0.5) is 14.4 Å². The van der Waals surface area contributed by atoms with Crippen molar-refractivity contribution in [2.45, 2.75) is 0 Å². The number of amides is 6. The second-order valence-electron chi connectivity index (χ2n) is 1.21.